The molecular weight excluding hydrogens is 386 g/mol. The third-order valence-corrected chi connectivity index (χ3v) is 4.73. The molecule has 0 radical (unpaired) electrons. The number of rotatable bonds is 6. The van der Waals surface area contributed by atoms with Gasteiger partial charge in [0.25, 0.3) is 0 Å². The Morgan fingerprint density at radius 1 is 1.12 bits per heavy atom. The highest BCUT2D eigenvalue weighted by Gasteiger charge is 2.13. The molecule has 0 bridgehead atoms. The van der Waals surface area contributed by atoms with Gasteiger partial charge in [-0.15, -0.1) is 10.2 Å². The van der Waals surface area contributed by atoms with Crippen molar-refractivity contribution in [2.75, 3.05) is 18.2 Å². The van der Waals surface area contributed by atoms with Crippen LogP contribution < -0.4 is 10.6 Å². The molecule has 5 nitrogen and oxygen atoms in total. The number of thioether (sulfide) groups is 1. The Hall–Kier alpha value is -1.96. The Kier molecular flexibility index (Phi) is 5.67. The Morgan fingerprint density at radius 3 is 2.56 bits per heavy atom. The van der Waals surface area contributed by atoms with Crippen molar-refractivity contribution in [1.82, 2.24) is 14.9 Å². The lowest BCUT2D eigenvalue weighted by molar-refractivity contribution is 0.344. The Morgan fingerprint density at radius 2 is 1.84 bits per heavy atom. The molecule has 1 aromatic heterocycles. The summed E-state index contributed by atoms with van der Waals surface area (Å²) in [6, 6.07) is 11.2. The van der Waals surface area contributed by atoms with Gasteiger partial charge in [0.2, 0.25) is 5.16 Å². The second-order valence-corrected chi connectivity index (χ2v) is 6.81. The van der Waals surface area contributed by atoms with E-state index >= 15 is 0 Å². The zero-order chi connectivity index (χ0) is 17.8. The topological polar surface area (TPSA) is 66.0 Å². The van der Waals surface area contributed by atoms with Crippen molar-refractivity contribution in [3.05, 3.63) is 58.3 Å². The number of ether oxygens (including phenoxy) is 1. The molecule has 0 saturated heterocycles. The molecule has 0 fully saturated rings. The third kappa shape index (κ3) is 4.18. The van der Waals surface area contributed by atoms with Crippen molar-refractivity contribution in [3.8, 4) is 17.1 Å². The fourth-order valence-corrected chi connectivity index (χ4v) is 3.28. The van der Waals surface area contributed by atoms with E-state index < -0.39 is 0 Å². The lowest BCUT2D eigenvalue weighted by Gasteiger charge is -2.09. The van der Waals surface area contributed by atoms with E-state index in [1.54, 1.807) is 30.3 Å². The van der Waals surface area contributed by atoms with Crippen LogP contribution in [0.5, 0.6) is 5.75 Å². The Bertz CT molecular complexity index is 870. The number of benzene rings is 2. The van der Waals surface area contributed by atoms with Gasteiger partial charge in [-0.3, -0.25) is 0 Å². The summed E-state index contributed by atoms with van der Waals surface area (Å²) in [5, 5.41) is 9.43. The fourth-order valence-electron chi connectivity index (χ4n) is 2.10. The van der Waals surface area contributed by atoms with Gasteiger partial charge in [-0.2, -0.15) is 0 Å². The van der Waals surface area contributed by atoms with Crippen LogP contribution in [0, 0.1) is 5.82 Å². The zero-order valence-electron chi connectivity index (χ0n) is 12.8. The predicted octanol–water partition coefficient (Wildman–Crippen LogP) is 4.28. The van der Waals surface area contributed by atoms with Gasteiger partial charge in [-0.25, -0.2) is 9.07 Å². The molecule has 3 rings (SSSR count). The van der Waals surface area contributed by atoms with Gasteiger partial charge in [0.05, 0.1) is 16.7 Å². The highest BCUT2D eigenvalue weighted by molar-refractivity contribution is 7.99. The lowest BCUT2D eigenvalue weighted by Crippen LogP contribution is -2.12. The average molecular weight is 399 g/mol. The van der Waals surface area contributed by atoms with E-state index in [4.69, 9.17) is 33.8 Å². The van der Waals surface area contributed by atoms with Crippen LogP contribution in [-0.4, -0.2) is 27.2 Å². The van der Waals surface area contributed by atoms with Crippen molar-refractivity contribution >= 4 is 35.0 Å². The summed E-state index contributed by atoms with van der Waals surface area (Å²) in [5.74, 6) is 7.02. The van der Waals surface area contributed by atoms with E-state index in [2.05, 4.69) is 10.2 Å². The maximum absolute atomic E-state index is 13.3. The first-order chi connectivity index (χ1) is 12.1. The summed E-state index contributed by atoms with van der Waals surface area (Å²) >= 11 is 13.4. The summed E-state index contributed by atoms with van der Waals surface area (Å²) < 4.78 is 20.2. The number of hydrogen-bond donors (Lipinski definition) is 1. The van der Waals surface area contributed by atoms with Crippen LogP contribution in [-0.2, 0) is 0 Å². The normalized spacial score (nSPS) is 10.8. The van der Waals surface area contributed by atoms with Gasteiger partial charge < -0.3 is 10.6 Å². The van der Waals surface area contributed by atoms with E-state index in [0.717, 1.165) is 0 Å². The number of halogens is 3. The van der Waals surface area contributed by atoms with E-state index in [1.165, 1.54) is 28.6 Å². The molecule has 1 heterocycles. The number of para-hydroxylation sites is 1. The molecule has 9 heteroatoms. The molecule has 2 aromatic carbocycles. The molecule has 3 aromatic rings. The van der Waals surface area contributed by atoms with Crippen LogP contribution >= 0.6 is 35.0 Å². The van der Waals surface area contributed by atoms with Crippen molar-refractivity contribution < 1.29 is 9.13 Å². The summed E-state index contributed by atoms with van der Waals surface area (Å²) in [7, 11) is 0. The second-order valence-electron chi connectivity index (χ2n) is 4.93. The Labute approximate surface area is 157 Å². The predicted molar refractivity (Wildman–Crippen MR) is 98.2 cm³/mol. The van der Waals surface area contributed by atoms with Gasteiger partial charge in [0.15, 0.2) is 11.6 Å². The zero-order valence-corrected chi connectivity index (χ0v) is 15.2. The van der Waals surface area contributed by atoms with Crippen LogP contribution in [0.2, 0.25) is 10.0 Å². The lowest BCUT2D eigenvalue weighted by atomic mass is 10.2. The standard InChI is InChI=1S/C16H13Cl2FN4OS/c17-12-5-2-6-13(18)14(12)24-7-8-25-16-22-21-15(23(16)20)10-3-1-4-11(19)9-10/h1-6,9H,7-8,20H2. The monoisotopic (exact) mass is 398 g/mol. The number of nitrogens with two attached hydrogens (primary N) is 1. The Balaban J connectivity index is 1.61. The van der Waals surface area contributed by atoms with Gasteiger partial charge in [-0.05, 0) is 24.3 Å². The number of aromatic nitrogens is 3. The minimum atomic E-state index is -0.361. The van der Waals surface area contributed by atoms with Crippen LogP contribution in [0.3, 0.4) is 0 Å². The molecule has 130 valence electrons. The summed E-state index contributed by atoms with van der Waals surface area (Å²) in [6.07, 6.45) is 0. The van der Waals surface area contributed by atoms with Crippen molar-refractivity contribution in [2.24, 2.45) is 0 Å². The largest absolute Gasteiger partial charge is 0.490 e. The first-order valence-corrected chi connectivity index (χ1v) is 8.96. The fraction of sp³-hybridized carbons (Fsp3) is 0.125. The smallest absolute Gasteiger partial charge is 0.210 e. The molecule has 0 aliphatic heterocycles. The summed E-state index contributed by atoms with van der Waals surface area (Å²) in [5.41, 5.74) is 0.556. The number of nitrogens with zero attached hydrogens (tertiary/aromatic N) is 3. The second kappa shape index (κ2) is 7.95. The van der Waals surface area contributed by atoms with Crippen LogP contribution in [0.25, 0.3) is 11.4 Å². The van der Waals surface area contributed by atoms with E-state index in [0.29, 0.717) is 44.7 Å². The molecular formula is C16H13Cl2FN4OS. The summed E-state index contributed by atoms with van der Waals surface area (Å²) in [6.45, 7) is 0.357. The van der Waals surface area contributed by atoms with Crippen LogP contribution in [0.15, 0.2) is 47.6 Å². The number of hydrogen-bond acceptors (Lipinski definition) is 5. The summed E-state index contributed by atoms with van der Waals surface area (Å²) in [4.78, 5) is 0. The van der Waals surface area contributed by atoms with Gasteiger partial charge in [0, 0.05) is 11.3 Å². The molecule has 0 aliphatic carbocycles. The molecule has 25 heavy (non-hydrogen) atoms. The number of nitrogen functional groups attached to an aromatic ring is 1. The van der Waals surface area contributed by atoms with Crippen molar-refractivity contribution in [1.29, 1.82) is 0 Å². The molecule has 0 spiro atoms. The quantitative estimate of drug-likeness (QED) is 0.381. The average Bonchev–Trinajstić information content (AvgIpc) is 2.94. The first kappa shape index (κ1) is 17.8. The minimum absolute atomic E-state index is 0.357. The molecule has 0 amide bonds. The van der Waals surface area contributed by atoms with E-state index in [1.807, 2.05) is 0 Å². The van der Waals surface area contributed by atoms with Gasteiger partial charge in [0.1, 0.15) is 5.82 Å². The molecule has 0 unspecified atom stereocenters. The highest BCUT2D eigenvalue weighted by atomic mass is 35.5. The minimum Gasteiger partial charge on any atom is -0.490 e. The van der Waals surface area contributed by atoms with Gasteiger partial charge in [-0.1, -0.05) is 53.2 Å². The van der Waals surface area contributed by atoms with Crippen LogP contribution in [0.4, 0.5) is 4.39 Å². The maximum atomic E-state index is 13.3. The molecule has 0 atom stereocenters. The van der Waals surface area contributed by atoms with E-state index in [9.17, 15) is 4.39 Å². The molecule has 0 aliphatic rings. The third-order valence-electron chi connectivity index (χ3n) is 3.23. The molecule has 2 N–H and O–H groups in total. The van der Waals surface area contributed by atoms with Crippen LogP contribution in [0.1, 0.15) is 0 Å². The maximum Gasteiger partial charge on any atom is 0.210 e. The van der Waals surface area contributed by atoms with Gasteiger partial charge >= 0.3 is 0 Å². The molecule has 0 saturated carbocycles. The first-order valence-electron chi connectivity index (χ1n) is 7.22. The SMILES string of the molecule is Nn1c(SCCOc2c(Cl)cccc2Cl)nnc1-c1cccc(F)c1. The highest BCUT2D eigenvalue weighted by Crippen LogP contribution is 2.32. The van der Waals surface area contributed by atoms with Crippen molar-refractivity contribution in [2.45, 2.75) is 5.16 Å². The van der Waals surface area contributed by atoms with E-state index in [-0.39, 0.29) is 5.82 Å². The van der Waals surface area contributed by atoms with Crippen molar-refractivity contribution in [3.63, 3.8) is 0 Å².